The molecule has 0 saturated carbocycles. The lowest BCUT2D eigenvalue weighted by molar-refractivity contribution is -0.0498. The Morgan fingerprint density at radius 1 is 1.21 bits per heavy atom. The first-order chi connectivity index (χ1) is 13.3. The number of thioether (sulfide) groups is 1. The predicted molar refractivity (Wildman–Crippen MR) is 103 cm³/mol. The van der Waals surface area contributed by atoms with Gasteiger partial charge in [0.25, 0.3) is 0 Å². The summed E-state index contributed by atoms with van der Waals surface area (Å²) < 4.78 is 32.7. The van der Waals surface area contributed by atoms with Crippen molar-refractivity contribution in [2.24, 2.45) is 7.05 Å². The number of ether oxygens (including phenoxy) is 1. The Morgan fingerprint density at radius 3 is 2.46 bits per heavy atom. The van der Waals surface area contributed by atoms with E-state index in [1.54, 1.807) is 23.0 Å². The molecule has 0 N–H and O–H groups in total. The van der Waals surface area contributed by atoms with Crippen LogP contribution < -0.4 is 4.74 Å². The Labute approximate surface area is 165 Å². The standard InChI is InChI=1S/C19H20F2N4O2S/c1-11-9-16(17(26)13(3)28-19-23-22-10-24(19)4)12(2)25(11)14-5-7-15(8-6-14)27-18(20)21/h5-10,13,18H,1-4H3. The lowest BCUT2D eigenvalue weighted by Gasteiger charge is -2.12. The van der Waals surface area contributed by atoms with Crippen molar-refractivity contribution in [2.45, 2.75) is 37.8 Å². The number of carbonyl (C=O) groups excluding carboxylic acids is 1. The topological polar surface area (TPSA) is 61.9 Å². The molecule has 3 aromatic rings. The summed E-state index contributed by atoms with van der Waals surface area (Å²) in [5.41, 5.74) is 3.05. The van der Waals surface area contributed by atoms with Crippen LogP contribution in [0.4, 0.5) is 8.78 Å². The summed E-state index contributed by atoms with van der Waals surface area (Å²) in [6, 6.07) is 8.17. The highest BCUT2D eigenvalue weighted by atomic mass is 32.2. The molecule has 0 aliphatic carbocycles. The molecule has 0 radical (unpaired) electrons. The van der Waals surface area contributed by atoms with E-state index in [-0.39, 0.29) is 16.8 Å². The Hall–Kier alpha value is -2.68. The maximum absolute atomic E-state index is 13.0. The maximum atomic E-state index is 13.0. The van der Waals surface area contributed by atoms with Gasteiger partial charge in [0.1, 0.15) is 12.1 Å². The van der Waals surface area contributed by atoms with Crippen LogP contribution in [0.25, 0.3) is 5.69 Å². The lowest BCUT2D eigenvalue weighted by Crippen LogP contribution is -2.15. The minimum atomic E-state index is -2.86. The molecule has 0 bridgehead atoms. The molecule has 6 nitrogen and oxygen atoms in total. The van der Waals surface area contributed by atoms with Crippen LogP contribution in [0.15, 0.2) is 41.8 Å². The number of alkyl halides is 2. The Bertz CT molecular complexity index is 982. The Balaban J connectivity index is 1.85. The van der Waals surface area contributed by atoms with Gasteiger partial charge in [0, 0.05) is 29.7 Å². The van der Waals surface area contributed by atoms with Crippen molar-refractivity contribution in [3.05, 3.63) is 53.6 Å². The van der Waals surface area contributed by atoms with Crippen molar-refractivity contribution < 1.29 is 18.3 Å². The van der Waals surface area contributed by atoms with E-state index in [2.05, 4.69) is 14.9 Å². The average Bonchev–Trinajstić information content (AvgIpc) is 3.17. The zero-order valence-corrected chi connectivity index (χ0v) is 16.7. The average molecular weight is 406 g/mol. The van der Waals surface area contributed by atoms with Crippen LogP contribution in [-0.4, -0.2) is 37.0 Å². The third-order valence-electron chi connectivity index (χ3n) is 4.34. The van der Waals surface area contributed by atoms with E-state index in [4.69, 9.17) is 0 Å². The van der Waals surface area contributed by atoms with Gasteiger partial charge in [0.2, 0.25) is 0 Å². The second kappa shape index (κ2) is 8.14. The van der Waals surface area contributed by atoms with Crippen molar-refractivity contribution in [2.75, 3.05) is 0 Å². The zero-order chi connectivity index (χ0) is 20.4. The Morgan fingerprint density at radius 2 is 1.89 bits per heavy atom. The first kappa shape index (κ1) is 20.1. The fourth-order valence-electron chi connectivity index (χ4n) is 3.00. The fourth-order valence-corrected chi connectivity index (χ4v) is 3.85. The van der Waals surface area contributed by atoms with Gasteiger partial charge in [0.05, 0.1) is 5.25 Å². The van der Waals surface area contributed by atoms with Gasteiger partial charge in [-0.15, -0.1) is 10.2 Å². The smallest absolute Gasteiger partial charge is 0.387 e. The van der Waals surface area contributed by atoms with Crippen molar-refractivity contribution in [3.8, 4) is 11.4 Å². The van der Waals surface area contributed by atoms with E-state index in [0.717, 1.165) is 17.1 Å². The van der Waals surface area contributed by atoms with E-state index >= 15 is 0 Å². The largest absolute Gasteiger partial charge is 0.435 e. The van der Waals surface area contributed by atoms with Gasteiger partial charge in [-0.3, -0.25) is 4.79 Å². The molecular formula is C19H20F2N4O2S. The van der Waals surface area contributed by atoms with Crippen LogP contribution in [0.2, 0.25) is 0 Å². The molecule has 0 aliphatic heterocycles. The molecule has 0 saturated heterocycles. The van der Waals surface area contributed by atoms with Crippen molar-refractivity contribution in [1.29, 1.82) is 0 Å². The molecular weight excluding hydrogens is 386 g/mol. The summed E-state index contributed by atoms with van der Waals surface area (Å²) in [5.74, 6) is 0.0798. The van der Waals surface area contributed by atoms with Crippen molar-refractivity contribution in [1.82, 2.24) is 19.3 Å². The number of nitrogens with zero attached hydrogens (tertiary/aromatic N) is 4. The number of carbonyl (C=O) groups is 1. The summed E-state index contributed by atoms with van der Waals surface area (Å²) in [4.78, 5) is 13.0. The number of aryl methyl sites for hydroxylation is 2. The number of hydrogen-bond acceptors (Lipinski definition) is 5. The molecule has 2 heterocycles. The number of Topliss-reactive ketones (excluding diaryl/α,β-unsaturated/α-hetero) is 1. The summed E-state index contributed by atoms with van der Waals surface area (Å²) >= 11 is 1.35. The molecule has 3 rings (SSSR count). The van der Waals surface area contributed by atoms with Crippen LogP contribution in [0, 0.1) is 13.8 Å². The van der Waals surface area contributed by atoms with E-state index in [1.165, 1.54) is 23.9 Å². The number of halogens is 2. The first-order valence-electron chi connectivity index (χ1n) is 8.57. The fraction of sp³-hybridized carbons (Fsp3) is 0.316. The molecule has 1 atom stereocenters. The van der Waals surface area contributed by atoms with Gasteiger partial charge < -0.3 is 13.9 Å². The molecule has 2 aromatic heterocycles. The second-order valence-electron chi connectivity index (χ2n) is 6.34. The van der Waals surface area contributed by atoms with Crippen LogP contribution in [0.5, 0.6) is 5.75 Å². The molecule has 148 valence electrons. The molecule has 28 heavy (non-hydrogen) atoms. The molecule has 1 unspecified atom stereocenters. The second-order valence-corrected chi connectivity index (χ2v) is 7.65. The van der Waals surface area contributed by atoms with Crippen LogP contribution in [0.3, 0.4) is 0 Å². The van der Waals surface area contributed by atoms with E-state index in [1.807, 2.05) is 38.5 Å². The van der Waals surface area contributed by atoms with Gasteiger partial charge in [-0.2, -0.15) is 8.78 Å². The summed E-state index contributed by atoms with van der Waals surface area (Å²) in [6.07, 6.45) is 1.59. The number of rotatable bonds is 7. The number of aromatic nitrogens is 4. The van der Waals surface area contributed by atoms with E-state index in [9.17, 15) is 13.6 Å². The quantitative estimate of drug-likeness (QED) is 0.435. The number of benzene rings is 1. The number of ketones is 1. The van der Waals surface area contributed by atoms with Crippen LogP contribution >= 0.6 is 11.8 Å². The first-order valence-corrected chi connectivity index (χ1v) is 9.45. The van der Waals surface area contributed by atoms with Gasteiger partial charge in [-0.05, 0) is 51.1 Å². The van der Waals surface area contributed by atoms with Crippen LogP contribution in [-0.2, 0) is 7.05 Å². The lowest BCUT2D eigenvalue weighted by atomic mass is 10.1. The molecule has 0 amide bonds. The minimum absolute atomic E-state index is 0.00926. The summed E-state index contributed by atoms with van der Waals surface area (Å²) in [5, 5.41) is 8.17. The highest BCUT2D eigenvalue weighted by molar-refractivity contribution is 8.00. The summed E-state index contributed by atoms with van der Waals surface area (Å²) in [7, 11) is 1.83. The third-order valence-corrected chi connectivity index (χ3v) is 5.49. The van der Waals surface area contributed by atoms with Crippen LogP contribution in [0.1, 0.15) is 28.7 Å². The Kier molecular flexibility index (Phi) is 5.83. The number of hydrogen-bond donors (Lipinski definition) is 0. The zero-order valence-electron chi connectivity index (χ0n) is 15.9. The van der Waals surface area contributed by atoms with E-state index in [0.29, 0.717) is 10.7 Å². The molecule has 9 heteroatoms. The molecule has 1 aromatic carbocycles. The molecule has 0 aliphatic rings. The van der Waals surface area contributed by atoms with Gasteiger partial charge in [-0.1, -0.05) is 11.8 Å². The monoisotopic (exact) mass is 406 g/mol. The minimum Gasteiger partial charge on any atom is -0.435 e. The predicted octanol–water partition coefficient (Wildman–Crippen LogP) is 4.19. The normalized spacial score (nSPS) is 12.4. The molecule has 0 fully saturated rings. The SMILES string of the molecule is Cc1cc(C(=O)C(C)Sc2nncn2C)c(C)n1-c1ccc(OC(F)F)cc1. The highest BCUT2D eigenvalue weighted by Crippen LogP contribution is 2.28. The van der Waals surface area contributed by atoms with Crippen molar-refractivity contribution >= 4 is 17.5 Å². The maximum Gasteiger partial charge on any atom is 0.387 e. The van der Waals surface area contributed by atoms with Gasteiger partial charge in [0.15, 0.2) is 10.9 Å². The highest BCUT2D eigenvalue weighted by Gasteiger charge is 2.23. The van der Waals surface area contributed by atoms with E-state index < -0.39 is 6.61 Å². The van der Waals surface area contributed by atoms with Gasteiger partial charge in [-0.25, -0.2) is 0 Å². The third kappa shape index (κ3) is 4.09. The molecule has 0 spiro atoms. The summed E-state index contributed by atoms with van der Waals surface area (Å²) in [6.45, 7) is 2.74. The van der Waals surface area contributed by atoms with Crippen molar-refractivity contribution in [3.63, 3.8) is 0 Å². The van der Waals surface area contributed by atoms with Gasteiger partial charge >= 0.3 is 6.61 Å².